The first-order valence-corrected chi connectivity index (χ1v) is 11.1. The van der Waals surface area contributed by atoms with Crippen molar-refractivity contribution in [1.82, 2.24) is 28.7 Å². The van der Waals surface area contributed by atoms with E-state index in [2.05, 4.69) is 42.5 Å². The van der Waals surface area contributed by atoms with Crippen molar-refractivity contribution in [3.05, 3.63) is 110 Å². The van der Waals surface area contributed by atoms with Gasteiger partial charge in [-0.1, -0.05) is 54.6 Å². The Morgan fingerprint density at radius 2 is 1.21 bits per heavy atom. The second kappa shape index (κ2) is 7.35. The van der Waals surface area contributed by atoms with E-state index in [1.54, 1.807) is 0 Å². The van der Waals surface area contributed by atoms with Gasteiger partial charge < -0.3 is 0 Å². The van der Waals surface area contributed by atoms with Crippen LogP contribution in [0.1, 0.15) is 0 Å². The Balaban J connectivity index is 0.000000118. The number of aromatic nitrogens is 6. The summed E-state index contributed by atoms with van der Waals surface area (Å²) in [6.07, 6.45) is 7.80. The van der Waals surface area contributed by atoms with Crippen LogP contribution in [0.2, 0.25) is 0 Å². The van der Waals surface area contributed by atoms with Crippen LogP contribution >= 0.6 is 0 Å². The van der Waals surface area contributed by atoms with Crippen LogP contribution in [0.3, 0.4) is 0 Å². The summed E-state index contributed by atoms with van der Waals surface area (Å²) < 4.78 is 4.08. The fraction of sp³-hybridized carbons (Fsp3) is 0. The number of imidazole rings is 2. The number of nitrogens with zero attached hydrogens (tertiary/aromatic N) is 6. The molecule has 0 N–H and O–H groups in total. The Bertz CT molecular complexity index is 1840. The third kappa shape index (κ3) is 2.82. The van der Waals surface area contributed by atoms with E-state index in [9.17, 15) is 0 Å². The van der Waals surface area contributed by atoms with Crippen LogP contribution in [0.5, 0.6) is 0 Å². The van der Waals surface area contributed by atoms with Gasteiger partial charge in [0.25, 0.3) is 0 Å². The summed E-state index contributed by atoms with van der Waals surface area (Å²) in [6.45, 7) is 0. The maximum absolute atomic E-state index is 4.67. The summed E-state index contributed by atoms with van der Waals surface area (Å²) in [4.78, 5) is 18.3. The molecule has 2 aromatic carbocycles. The zero-order valence-electron chi connectivity index (χ0n) is 18.1. The van der Waals surface area contributed by atoms with E-state index in [4.69, 9.17) is 0 Å². The predicted octanol–water partition coefficient (Wildman–Crippen LogP) is 6.07. The summed E-state index contributed by atoms with van der Waals surface area (Å²) in [5.74, 6) is 0. The van der Waals surface area contributed by atoms with Crippen LogP contribution in [-0.2, 0) is 0 Å². The lowest BCUT2D eigenvalue weighted by molar-refractivity contribution is 1.19. The average Bonchev–Trinajstić information content (AvgIpc) is 3.48. The minimum Gasteiger partial charge on any atom is -0.298 e. The van der Waals surface area contributed by atoms with E-state index < -0.39 is 0 Å². The first kappa shape index (κ1) is 18.7. The quantitative estimate of drug-likeness (QED) is 0.288. The number of benzene rings is 2. The molecule has 34 heavy (non-hydrogen) atoms. The molecule has 160 valence electrons. The van der Waals surface area contributed by atoms with Crippen molar-refractivity contribution in [3.63, 3.8) is 0 Å². The Labute approximate surface area is 193 Å². The zero-order chi connectivity index (χ0) is 22.5. The van der Waals surface area contributed by atoms with Gasteiger partial charge in [0, 0.05) is 34.7 Å². The summed E-state index contributed by atoms with van der Waals surface area (Å²) in [5, 5.41) is 3.39. The lowest BCUT2D eigenvalue weighted by Gasteiger charge is -1.97. The largest absolute Gasteiger partial charge is 0.298 e. The van der Waals surface area contributed by atoms with Crippen LogP contribution in [0.25, 0.3) is 55.2 Å². The van der Waals surface area contributed by atoms with E-state index in [0.29, 0.717) is 0 Å². The molecule has 0 fully saturated rings. The number of para-hydroxylation sites is 1. The van der Waals surface area contributed by atoms with Gasteiger partial charge in [-0.2, -0.15) is 0 Å². The molecule has 0 bridgehead atoms. The molecule has 0 aliphatic rings. The lowest BCUT2D eigenvalue weighted by atomic mass is 10.1. The van der Waals surface area contributed by atoms with Crippen LogP contribution in [0.15, 0.2) is 110 Å². The van der Waals surface area contributed by atoms with Crippen molar-refractivity contribution in [2.45, 2.75) is 0 Å². The maximum Gasteiger partial charge on any atom is 0.165 e. The predicted molar refractivity (Wildman–Crippen MR) is 136 cm³/mol. The van der Waals surface area contributed by atoms with E-state index in [1.807, 2.05) is 95.9 Å². The monoisotopic (exact) mass is 438 g/mol. The highest BCUT2D eigenvalue weighted by molar-refractivity contribution is 6.04. The van der Waals surface area contributed by atoms with Gasteiger partial charge in [-0.15, -0.1) is 0 Å². The Morgan fingerprint density at radius 3 is 2.09 bits per heavy atom. The van der Waals surface area contributed by atoms with Crippen LogP contribution in [0.4, 0.5) is 0 Å². The Morgan fingerprint density at radius 1 is 0.529 bits per heavy atom. The molecule has 0 amide bonds. The van der Waals surface area contributed by atoms with Crippen molar-refractivity contribution in [2.75, 3.05) is 0 Å². The molecule has 0 saturated heterocycles. The van der Waals surface area contributed by atoms with Gasteiger partial charge in [0.05, 0.1) is 17.2 Å². The molecule has 0 spiro atoms. The lowest BCUT2D eigenvalue weighted by Crippen LogP contribution is -1.85. The highest BCUT2D eigenvalue weighted by Crippen LogP contribution is 2.24. The van der Waals surface area contributed by atoms with Crippen molar-refractivity contribution < 1.29 is 0 Å². The van der Waals surface area contributed by atoms with Crippen LogP contribution < -0.4 is 0 Å². The molecule has 6 heterocycles. The highest BCUT2D eigenvalue weighted by Gasteiger charge is 2.09. The van der Waals surface area contributed by atoms with Crippen molar-refractivity contribution >= 4 is 55.2 Å². The molecule has 6 aromatic heterocycles. The van der Waals surface area contributed by atoms with Gasteiger partial charge >= 0.3 is 0 Å². The first-order valence-electron chi connectivity index (χ1n) is 11.1. The number of fused-ring (bicyclic) bond motifs is 10. The third-order valence-electron chi connectivity index (χ3n) is 6.10. The molecule has 0 aliphatic heterocycles. The number of rotatable bonds is 0. The minimum absolute atomic E-state index is 0.916. The molecule has 0 saturated carbocycles. The first-order chi connectivity index (χ1) is 16.9. The van der Waals surface area contributed by atoms with Gasteiger partial charge in [-0.05, 0) is 30.3 Å². The SMILES string of the molecule is c1ccc2c(c1)cnc1c2nc2ccccn21.c1ccc2c(c1)ncc1c2nc2ccccn21. The molecular weight excluding hydrogens is 420 g/mol. The highest BCUT2D eigenvalue weighted by atomic mass is 15.1. The molecule has 6 heteroatoms. The second-order valence-electron chi connectivity index (χ2n) is 8.11. The summed E-state index contributed by atoms with van der Waals surface area (Å²) in [5.41, 5.74) is 6.84. The fourth-order valence-corrected chi connectivity index (χ4v) is 4.50. The fourth-order valence-electron chi connectivity index (χ4n) is 4.50. The summed E-state index contributed by atoms with van der Waals surface area (Å²) in [7, 11) is 0. The number of pyridine rings is 4. The van der Waals surface area contributed by atoms with Crippen molar-refractivity contribution in [3.8, 4) is 0 Å². The topological polar surface area (TPSA) is 60.4 Å². The maximum atomic E-state index is 4.67. The second-order valence-corrected chi connectivity index (χ2v) is 8.11. The van der Waals surface area contributed by atoms with Crippen molar-refractivity contribution in [1.29, 1.82) is 0 Å². The standard InChI is InChI=1S/2C14H9N3/c1-2-6-11-10(5-1)14-12(9-15-11)17-8-4-3-7-13(17)16-14;1-2-6-11-10(5-1)9-15-14-13(11)16-12-7-3-4-8-17(12)14/h2*1-9H. The van der Waals surface area contributed by atoms with E-state index >= 15 is 0 Å². The molecule has 6 nitrogen and oxygen atoms in total. The van der Waals surface area contributed by atoms with Gasteiger partial charge in [0.15, 0.2) is 5.65 Å². The van der Waals surface area contributed by atoms with E-state index in [-0.39, 0.29) is 0 Å². The average molecular weight is 438 g/mol. The number of hydrogen-bond acceptors (Lipinski definition) is 4. The normalized spacial score (nSPS) is 11.5. The van der Waals surface area contributed by atoms with Crippen LogP contribution in [0, 0.1) is 0 Å². The van der Waals surface area contributed by atoms with Gasteiger partial charge in [-0.25, -0.2) is 15.0 Å². The Kier molecular flexibility index (Phi) is 4.04. The minimum atomic E-state index is 0.916. The Hall–Kier alpha value is -4.84. The molecule has 0 aliphatic carbocycles. The van der Waals surface area contributed by atoms with Gasteiger partial charge in [0.1, 0.15) is 22.3 Å². The molecule has 8 rings (SSSR count). The van der Waals surface area contributed by atoms with E-state index in [1.165, 1.54) is 0 Å². The third-order valence-corrected chi connectivity index (χ3v) is 6.10. The van der Waals surface area contributed by atoms with Crippen molar-refractivity contribution in [2.24, 2.45) is 0 Å². The van der Waals surface area contributed by atoms with E-state index in [0.717, 1.165) is 55.2 Å². The molecule has 0 atom stereocenters. The molecule has 0 radical (unpaired) electrons. The molecular formula is C28H18N6. The van der Waals surface area contributed by atoms with Crippen LogP contribution in [-0.4, -0.2) is 28.7 Å². The number of hydrogen-bond donors (Lipinski definition) is 0. The molecule has 0 unspecified atom stereocenters. The zero-order valence-corrected chi connectivity index (χ0v) is 18.1. The molecule has 8 aromatic rings. The van der Waals surface area contributed by atoms with Gasteiger partial charge in [-0.3, -0.25) is 13.8 Å². The van der Waals surface area contributed by atoms with Gasteiger partial charge in [0.2, 0.25) is 0 Å². The summed E-state index contributed by atoms with van der Waals surface area (Å²) >= 11 is 0. The smallest absolute Gasteiger partial charge is 0.165 e. The summed E-state index contributed by atoms with van der Waals surface area (Å²) in [6, 6.07) is 28.3.